The Morgan fingerprint density at radius 1 is 1.56 bits per heavy atom. The quantitative estimate of drug-likeness (QED) is 0.610. The standard InChI is InChI=1S/C15H22O/c1-10(2)12-7-13-6-5-11(3)9-15(13,4)14(16)8-12/h5,12-13H,1,6-9H2,2-4H3. The molecule has 88 valence electrons. The van der Waals surface area contributed by atoms with Crippen molar-refractivity contribution in [2.75, 3.05) is 0 Å². The SMILES string of the molecule is C=C(C)C1CC(=O)C2(C)CC(C)=CCC2C1. The van der Waals surface area contributed by atoms with Crippen molar-refractivity contribution >= 4 is 5.78 Å². The van der Waals surface area contributed by atoms with Gasteiger partial charge >= 0.3 is 0 Å². The summed E-state index contributed by atoms with van der Waals surface area (Å²) >= 11 is 0. The summed E-state index contributed by atoms with van der Waals surface area (Å²) in [6.45, 7) is 10.4. The van der Waals surface area contributed by atoms with Gasteiger partial charge in [-0.15, -0.1) is 0 Å². The zero-order chi connectivity index (χ0) is 11.9. The van der Waals surface area contributed by atoms with E-state index in [2.05, 4.69) is 33.4 Å². The summed E-state index contributed by atoms with van der Waals surface area (Å²) in [5.41, 5.74) is 2.49. The van der Waals surface area contributed by atoms with Gasteiger partial charge in [0.1, 0.15) is 5.78 Å². The van der Waals surface area contributed by atoms with Crippen LogP contribution < -0.4 is 0 Å². The smallest absolute Gasteiger partial charge is 0.139 e. The van der Waals surface area contributed by atoms with Gasteiger partial charge in [0, 0.05) is 11.8 Å². The molecule has 0 bridgehead atoms. The average Bonchev–Trinajstić information content (AvgIpc) is 2.19. The van der Waals surface area contributed by atoms with E-state index in [1.165, 1.54) is 11.1 Å². The molecule has 1 nitrogen and oxygen atoms in total. The van der Waals surface area contributed by atoms with E-state index in [9.17, 15) is 4.79 Å². The predicted molar refractivity (Wildman–Crippen MR) is 67.1 cm³/mol. The van der Waals surface area contributed by atoms with Gasteiger partial charge in [-0.2, -0.15) is 0 Å². The van der Waals surface area contributed by atoms with Crippen molar-refractivity contribution in [3.05, 3.63) is 23.8 Å². The molecule has 0 spiro atoms. The second-order valence-electron chi connectivity index (χ2n) is 5.98. The Hall–Kier alpha value is -0.850. The fraction of sp³-hybridized carbons (Fsp3) is 0.667. The molecule has 0 aromatic heterocycles. The molecule has 0 amide bonds. The maximum absolute atomic E-state index is 12.3. The Balaban J connectivity index is 2.26. The lowest BCUT2D eigenvalue weighted by molar-refractivity contribution is -0.135. The molecule has 0 aromatic carbocycles. The molecule has 0 N–H and O–H groups in total. The van der Waals surface area contributed by atoms with Crippen LogP contribution in [0, 0.1) is 17.3 Å². The first-order chi connectivity index (χ1) is 7.43. The number of hydrogen-bond acceptors (Lipinski definition) is 1. The van der Waals surface area contributed by atoms with Gasteiger partial charge in [-0.25, -0.2) is 0 Å². The summed E-state index contributed by atoms with van der Waals surface area (Å²) in [5, 5.41) is 0. The summed E-state index contributed by atoms with van der Waals surface area (Å²) in [7, 11) is 0. The summed E-state index contributed by atoms with van der Waals surface area (Å²) in [4.78, 5) is 12.3. The van der Waals surface area contributed by atoms with Crippen LogP contribution in [-0.4, -0.2) is 5.78 Å². The van der Waals surface area contributed by atoms with Crippen molar-refractivity contribution in [1.82, 2.24) is 0 Å². The molecular formula is C15H22O. The molecule has 3 atom stereocenters. The molecule has 0 radical (unpaired) electrons. The molecule has 1 heteroatoms. The van der Waals surface area contributed by atoms with Gasteiger partial charge in [0.05, 0.1) is 0 Å². The van der Waals surface area contributed by atoms with Gasteiger partial charge in [0.2, 0.25) is 0 Å². The maximum atomic E-state index is 12.3. The number of rotatable bonds is 1. The number of allylic oxidation sites excluding steroid dienone is 3. The highest BCUT2D eigenvalue weighted by Gasteiger charge is 2.47. The fourth-order valence-corrected chi connectivity index (χ4v) is 3.34. The highest BCUT2D eigenvalue weighted by Crippen LogP contribution is 2.50. The topological polar surface area (TPSA) is 17.1 Å². The Kier molecular flexibility index (Phi) is 2.81. The largest absolute Gasteiger partial charge is 0.299 e. The minimum absolute atomic E-state index is 0.0786. The third-order valence-electron chi connectivity index (χ3n) is 4.63. The van der Waals surface area contributed by atoms with E-state index in [0.29, 0.717) is 17.6 Å². The average molecular weight is 218 g/mol. The number of carbonyl (C=O) groups excluding carboxylic acids is 1. The molecule has 0 aromatic rings. The zero-order valence-corrected chi connectivity index (χ0v) is 10.7. The molecule has 0 aliphatic heterocycles. The van der Waals surface area contributed by atoms with E-state index in [0.717, 1.165) is 25.7 Å². The molecule has 0 saturated heterocycles. The second kappa shape index (κ2) is 3.87. The minimum atomic E-state index is -0.0786. The molecule has 1 saturated carbocycles. The van der Waals surface area contributed by atoms with Crippen LogP contribution in [0.3, 0.4) is 0 Å². The van der Waals surface area contributed by atoms with Crippen molar-refractivity contribution < 1.29 is 4.79 Å². The van der Waals surface area contributed by atoms with Crippen molar-refractivity contribution in [3.8, 4) is 0 Å². The van der Waals surface area contributed by atoms with Crippen LogP contribution in [-0.2, 0) is 4.79 Å². The zero-order valence-electron chi connectivity index (χ0n) is 10.7. The van der Waals surface area contributed by atoms with Gasteiger partial charge in [-0.3, -0.25) is 4.79 Å². The van der Waals surface area contributed by atoms with Crippen molar-refractivity contribution in [2.45, 2.75) is 46.5 Å². The van der Waals surface area contributed by atoms with E-state index in [1.807, 2.05) is 0 Å². The highest BCUT2D eigenvalue weighted by molar-refractivity contribution is 5.86. The molecular weight excluding hydrogens is 196 g/mol. The normalized spacial score (nSPS) is 38.9. The fourth-order valence-electron chi connectivity index (χ4n) is 3.34. The predicted octanol–water partition coefficient (Wildman–Crippen LogP) is 3.90. The maximum Gasteiger partial charge on any atom is 0.139 e. The Labute approximate surface area is 98.6 Å². The summed E-state index contributed by atoms with van der Waals surface area (Å²) in [6.07, 6.45) is 6.24. The Morgan fingerprint density at radius 3 is 2.88 bits per heavy atom. The van der Waals surface area contributed by atoms with Gasteiger partial charge < -0.3 is 0 Å². The van der Waals surface area contributed by atoms with E-state index in [1.54, 1.807) is 0 Å². The lowest BCUT2D eigenvalue weighted by Gasteiger charge is -2.45. The molecule has 2 aliphatic carbocycles. The highest BCUT2D eigenvalue weighted by atomic mass is 16.1. The first-order valence-corrected chi connectivity index (χ1v) is 6.28. The molecule has 1 fully saturated rings. The first-order valence-electron chi connectivity index (χ1n) is 6.28. The number of fused-ring (bicyclic) bond motifs is 1. The van der Waals surface area contributed by atoms with Crippen molar-refractivity contribution in [1.29, 1.82) is 0 Å². The lowest BCUT2D eigenvalue weighted by Crippen LogP contribution is -2.44. The number of Topliss-reactive ketones (excluding diaryl/α,β-unsaturated/α-hetero) is 1. The Bertz CT molecular complexity index is 364. The van der Waals surface area contributed by atoms with Gasteiger partial charge in [-0.1, -0.05) is 30.7 Å². The molecule has 0 heterocycles. The first kappa shape index (κ1) is 11.6. The van der Waals surface area contributed by atoms with Crippen LogP contribution in [0.5, 0.6) is 0 Å². The summed E-state index contributed by atoms with van der Waals surface area (Å²) in [5.74, 6) is 1.43. The van der Waals surface area contributed by atoms with Crippen LogP contribution in [0.15, 0.2) is 23.8 Å². The van der Waals surface area contributed by atoms with E-state index < -0.39 is 0 Å². The monoisotopic (exact) mass is 218 g/mol. The Morgan fingerprint density at radius 2 is 2.25 bits per heavy atom. The number of carbonyl (C=O) groups is 1. The summed E-state index contributed by atoms with van der Waals surface area (Å²) in [6, 6.07) is 0. The van der Waals surface area contributed by atoms with Gasteiger partial charge in [0.25, 0.3) is 0 Å². The minimum Gasteiger partial charge on any atom is -0.299 e. The third-order valence-corrected chi connectivity index (χ3v) is 4.63. The van der Waals surface area contributed by atoms with Crippen molar-refractivity contribution in [2.24, 2.45) is 17.3 Å². The number of hydrogen-bond donors (Lipinski definition) is 0. The van der Waals surface area contributed by atoms with Crippen molar-refractivity contribution in [3.63, 3.8) is 0 Å². The lowest BCUT2D eigenvalue weighted by atomic mass is 9.57. The van der Waals surface area contributed by atoms with Gasteiger partial charge in [0.15, 0.2) is 0 Å². The van der Waals surface area contributed by atoms with Crippen LogP contribution in [0.4, 0.5) is 0 Å². The molecule has 2 aliphatic rings. The van der Waals surface area contributed by atoms with Gasteiger partial charge in [-0.05, 0) is 44.9 Å². The number of ketones is 1. The van der Waals surface area contributed by atoms with Crippen LogP contribution >= 0.6 is 0 Å². The van der Waals surface area contributed by atoms with E-state index in [4.69, 9.17) is 0 Å². The molecule has 16 heavy (non-hydrogen) atoms. The van der Waals surface area contributed by atoms with E-state index >= 15 is 0 Å². The van der Waals surface area contributed by atoms with E-state index in [-0.39, 0.29) is 5.41 Å². The second-order valence-corrected chi connectivity index (χ2v) is 5.98. The molecule has 3 unspecified atom stereocenters. The third kappa shape index (κ3) is 1.77. The summed E-state index contributed by atoms with van der Waals surface area (Å²) < 4.78 is 0. The van der Waals surface area contributed by atoms with Crippen LogP contribution in [0.25, 0.3) is 0 Å². The van der Waals surface area contributed by atoms with Crippen LogP contribution in [0.2, 0.25) is 0 Å². The van der Waals surface area contributed by atoms with Crippen LogP contribution in [0.1, 0.15) is 46.5 Å². The molecule has 2 rings (SSSR count).